The first kappa shape index (κ1) is 16.0. The number of carbonyl (C=O) groups excluding carboxylic acids is 1. The van der Waals surface area contributed by atoms with Crippen LogP contribution >= 0.6 is 12.4 Å². The lowest BCUT2D eigenvalue weighted by Gasteiger charge is -2.30. The van der Waals surface area contributed by atoms with E-state index in [4.69, 9.17) is 10.2 Å². The number of likely N-dealkylation sites (tertiary alicyclic amines) is 1. The van der Waals surface area contributed by atoms with Crippen LogP contribution < -0.4 is 5.73 Å². The van der Waals surface area contributed by atoms with E-state index < -0.39 is 5.97 Å². The van der Waals surface area contributed by atoms with Crippen molar-refractivity contribution >= 4 is 18.4 Å². The molecule has 0 aromatic carbocycles. The van der Waals surface area contributed by atoms with Crippen molar-refractivity contribution < 1.29 is 13.9 Å². The molecule has 108 valence electrons. The predicted molar refractivity (Wildman–Crippen MR) is 74.4 cm³/mol. The lowest BCUT2D eigenvalue weighted by molar-refractivity contribution is 0.0560. The summed E-state index contributed by atoms with van der Waals surface area (Å²) in [5.41, 5.74) is 5.66. The van der Waals surface area contributed by atoms with Crippen LogP contribution in [-0.4, -0.2) is 37.6 Å². The number of hydrogen-bond donors (Lipinski definition) is 1. The zero-order valence-electron chi connectivity index (χ0n) is 11.1. The summed E-state index contributed by atoms with van der Waals surface area (Å²) in [5, 5.41) is 0. The van der Waals surface area contributed by atoms with Gasteiger partial charge in [0.15, 0.2) is 0 Å². The number of furan rings is 1. The molecular formula is C13H21ClN2O3. The summed E-state index contributed by atoms with van der Waals surface area (Å²) < 4.78 is 10.1. The fourth-order valence-corrected chi connectivity index (χ4v) is 2.27. The van der Waals surface area contributed by atoms with E-state index in [0.717, 1.165) is 44.8 Å². The van der Waals surface area contributed by atoms with Crippen molar-refractivity contribution in [3.05, 3.63) is 23.7 Å². The minimum atomic E-state index is -0.428. The summed E-state index contributed by atoms with van der Waals surface area (Å²) >= 11 is 0. The molecule has 5 nitrogen and oxygen atoms in total. The molecule has 0 radical (unpaired) electrons. The van der Waals surface area contributed by atoms with Crippen LogP contribution in [0.1, 0.15) is 29.2 Å². The van der Waals surface area contributed by atoms with Crippen molar-refractivity contribution in [1.82, 2.24) is 4.90 Å². The molecule has 0 spiro atoms. The van der Waals surface area contributed by atoms with Crippen LogP contribution in [0.2, 0.25) is 0 Å². The number of methoxy groups -OCH3 is 1. The van der Waals surface area contributed by atoms with Crippen molar-refractivity contribution in [2.24, 2.45) is 11.7 Å². The highest BCUT2D eigenvalue weighted by atomic mass is 35.5. The molecule has 2 N–H and O–H groups in total. The topological polar surface area (TPSA) is 68.7 Å². The number of nitrogens with two attached hydrogens (primary N) is 1. The molecule has 1 fully saturated rings. The van der Waals surface area contributed by atoms with Crippen LogP contribution in [0.25, 0.3) is 0 Å². The average molecular weight is 289 g/mol. The second-order valence-electron chi connectivity index (χ2n) is 4.71. The van der Waals surface area contributed by atoms with E-state index >= 15 is 0 Å². The zero-order valence-corrected chi connectivity index (χ0v) is 11.9. The molecule has 0 bridgehead atoms. The van der Waals surface area contributed by atoms with Gasteiger partial charge in [-0.15, -0.1) is 12.4 Å². The number of ether oxygens (including phenoxy) is 1. The Labute approximate surface area is 119 Å². The number of carbonyl (C=O) groups is 1. The second kappa shape index (κ2) is 7.53. The average Bonchev–Trinajstić information content (AvgIpc) is 2.87. The Hall–Kier alpha value is -1.04. The molecule has 0 amide bonds. The Kier molecular flexibility index (Phi) is 6.34. The Morgan fingerprint density at radius 3 is 2.74 bits per heavy atom. The highest BCUT2D eigenvalue weighted by Crippen LogP contribution is 2.19. The van der Waals surface area contributed by atoms with Gasteiger partial charge in [0.05, 0.1) is 13.7 Å². The SMILES string of the molecule is COC(=O)c1ccc(CN2CCC(CN)CC2)o1.Cl. The standard InChI is InChI=1S/C13H20N2O3.ClH/c1-17-13(16)12-3-2-11(18-12)9-15-6-4-10(8-14)5-7-15;/h2-3,10H,4-9,14H2,1H3;1H. The fraction of sp³-hybridized carbons (Fsp3) is 0.615. The maximum absolute atomic E-state index is 11.3. The molecular weight excluding hydrogens is 268 g/mol. The van der Waals surface area contributed by atoms with Gasteiger partial charge in [0, 0.05) is 0 Å². The van der Waals surface area contributed by atoms with Gasteiger partial charge in [-0.3, -0.25) is 4.90 Å². The second-order valence-corrected chi connectivity index (χ2v) is 4.71. The third-order valence-electron chi connectivity index (χ3n) is 3.47. The van der Waals surface area contributed by atoms with Gasteiger partial charge in [-0.05, 0) is 50.5 Å². The van der Waals surface area contributed by atoms with E-state index in [1.807, 2.05) is 6.07 Å². The van der Waals surface area contributed by atoms with E-state index in [1.165, 1.54) is 7.11 Å². The van der Waals surface area contributed by atoms with Crippen molar-refractivity contribution in [2.75, 3.05) is 26.7 Å². The smallest absolute Gasteiger partial charge is 0.373 e. The van der Waals surface area contributed by atoms with Crippen LogP contribution in [0.4, 0.5) is 0 Å². The van der Waals surface area contributed by atoms with Crippen LogP contribution in [0.15, 0.2) is 16.5 Å². The monoisotopic (exact) mass is 288 g/mol. The van der Waals surface area contributed by atoms with E-state index in [9.17, 15) is 4.79 Å². The van der Waals surface area contributed by atoms with Crippen LogP contribution in [0, 0.1) is 5.92 Å². The molecule has 2 heterocycles. The molecule has 0 atom stereocenters. The minimum absolute atomic E-state index is 0. The number of halogens is 1. The van der Waals surface area contributed by atoms with E-state index in [2.05, 4.69) is 9.64 Å². The maximum atomic E-state index is 11.3. The normalized spacial score (nSPS) is 16.9. The summed E-state index contributed by atoms with van der Waals surface area (Å²) in [6.07, 6.45) is 2.28. The lowest BCUT2D eigenvalue weighted by atomic mass is 9.97. The molecule has 1 aromatic heterocycles. The summed E-state index contributed by atoms with van der Waals surface area (Å²) in [7, 11) is 1.35. The fourth-order valence-electron chi connectivity index (χ4n) is 2.27. The molecule has 1 aliphatic rings. The number of esters is 1. The predicted octanol–water partition coefficient (Wildman–Crippen LogP) is 1.66. The highest BCUT2D eigenvalue weighted by Gasteiger charge is 2.19. The van der Waals surface area contributed by atoms with Crippen molar-refractivity contribution in [1.29, 1.82) is 0 Å². The van der Waals surface area contributed by atoms with Crippen molar-refractivity contribution in [3.8, 4) is 0 Å². The van der Waals surface area contributed by atoms with Crippen LogP contribution in [0.5, 0.6) is 0 Å². The van der Waals surface area contributed by atoms with Crippen LogP contribution in [-0.2, 0) is 11.3 Å². The number of hydrogen-bond acceptors (Lipinski definition) is 5. The first-order chi connectivity index (χ1) is 8.72. The molecule has 1 aromatic rings. The molecule has 0 unspecified atom stereocenters. The maximum Gasteiger partial charge on any atom is 0.373 e. The summed E-state index contributed by atoms with van der Waals surface area (Å²) in [4.78, 5) is 13.6. The van der Waals surface area contributed by atoms with Gasteiger partial charge >= 0.3 is 5.97 Å². The minimum Gasteiger partial charge on any atom is -0.463 e. The largest absolute Gasteiger partial charge is 0.463 e. The molecule has 0 aliphatic carbocycles. The van der Waals surface area contributed by atoms with Crippen molar-refractivity contribution in [2.45, 2.75) is 19.4 Å². The quantitative estimate of drug-likeness (QED) is 0.854. The van der Waals surface area contributed by atoms with Gasteiger partial charge < -0.3 is 14.9 Å². The van der Waals surface area contributed by atoms with Gasteiger partial charge in [0.1, 0.15) is 5.76 Å². The molecule has 1 saturated heterocycles. The summed E-state index contributed by atoms with van der Waals surface area (Å²) in [5.74, 6) is 1.30. The Balaban J connectivity index is 0.00000180. The van der Waals surface area contributed by atoms with Crippen LogP contribution in [0.3, 0.4) is 0 Å². The first-order valence-corrected chi connectivity index (χ1v) is 6.32. The summed E-state index contributed by atoms with van der Waals surface area (Å²) in [6, 6.07) is 3.50. The van der Waals surface area contributed by atoms with E-state index in [1.54, 1.807) is 6.07 Å². The summed E-state index contributed by atoms with van der Waals surface area (Å²) in [6.45, 7) is 3.60. The Morgan fingerprint density at radius 2 is 2.16 bits per heavy atom. The number of piperidine rings is 1. The molecule has 2 rings (SSSR count). The van der Waals surface area contributed by atoms with Gasteiger partial charge in [-0.1, -0.05) is 0 Å². The van der Waals surface area contributed by atoms with Crippen molar-refractivity contribution in [3.63, 3.8) is 0 Å². The van der Waals surface area contributed by atoms with Gasteiger partial charge in [0.25, 0.3) is 0 Å². The highest BCUT2D eigenvalue weighted by molar-refractivity contribution is 5.86. The zero-order chi connectivity index (χ0) is 13.0. The Morgan fingerprint density at radius 1 is 1.47 bits per heavy atom. The third-order valence-corrected chi connectivity index (χ3v) is 3.47. The first-order valence-electron chi connectivity index (χ1n) is 6.32. The molecule has 19 heavy (non-hydrogen) atoms. The van der Waals surface area contributed by atoms with Gasteiger partial charge in [0.2, 0.25) is 5.76 Å². The van der Waals surface area contributed by atoms with Gasteiger partial charge in [-0.25, -0.2) is 4.79 Å². The Bertz CT molecular complexity index is 400. The van der Waals surface area contributed by atoms with Gasteiger partial charge in [-0.2, -0.15) is 0 Å². The van der Waals surface area contributed by atoms with E-state index in [-0.39, 0.29) is 18.2 Å². The van der Waals surface area contributed by atoms with E-state index in [0.29, 0.717) is 5.92 Å². The molecule has 0 saturated carbocycles. The number of nitrogens with zero attached hydrogens (tertiary/aromatic N) is 1. The molecule has 1 aliphatic heterocycles. The molecule has 6 heteroatoms. The third kappa shape index (κ3) is 4.23. The number of rotatable bonds is 4. The lowest BCUT2D eigenvalue weighted by Crippen LogP contribution is -2.35.